The number of hydrogen-bond acceptors (Lipinski definition) is 0. The van der Waals surface area contributed by atoms with E-state index in [9.17, 15) is 5.41 Å². The maximum Gasteiger partial charge on any atom is 2.00 e. The monoisotopic (exact) mass is 557 g/mol. The van der Waals surface area contributed by atoms with E-state index in [1.807, 2.05) is 137 Å². The first kappa shape index (κ1) is 31.2. The molecule has 0 saturated heterocycles. The van der Waals surface area contributed by atoms with Crippen molar-refractivity contribution in [3.8, 4) is 0 Å². The molecule has 2 saturated carbocycles. The second-order valence-corrected chi connectivity index (χ2v) is 9.33. The van der Waals surface area contributed by atoms with Gasteiger partial charge in [-0.25, -0.2) is 5.71 Å². The van der Waals surface area contributed by atoms with Crippen molar-refractivity contribution in [2.24, 2.45) is 0 Å². The van der Waals surface area contributed by atoms with E-state index in [1.54, 1.807) is 0 Å². The Morgan fingerprint density at radius 1 is 0.541 bits per heavy atom. The average molecular weight is 559 g/mol. The van der Waals surface area contributed by atoms with Crippen molar-refractivity contribution >= 4 is 11.3 Å². The van der Waals surface area contributed by atoms with Crippen molar-refractivity contribution in [1.29, 1.82) is 0 Å². The molecule has 0 aliphatic heterocycles. The van der Waals surface area contributed by atoms with Crippen LogP contribution in [0.2, 0.25) is 0 Å². The van der Waals surface area contributed by atoms with E-state index in [1.165, 1.54) is 5.56 Å². The van der Waals surface area contributed by atoms with Crippen molar-refractivity contribution in [2.45, 2.75) is 26.2 Å². The van der Waals surface area contributed by atoms with Gasteiger partial charge in [0.05, 0.1) is 0 Å². The van der Waals surface area contributed by atoms with Crippen LogP contribution in [0.1, 0.15) is 43.0 Å². The number of benzene rings is 3. The van der Waals surface area contributed by atoms with E-state index in [2.05, 4.69) is 39.0 Å². The molecule has 3 aromatic carbocycles. The van der Waals surface area contributed by atoms with Gasteiger partial charge >= 0.3 is 26.2 Å². The predicted octanol–water partition coefficient (Wildman–Crippen LogP) is 8.32. The molecule has 0 heterocycles. The Morgan fingerprint density at radius 2 is 0.946 bits per heavy atom. The normalized spacial score (nSPS) is 14.9. The van der Waals surface area contributed by atoms with Gasteiger partial charge in [0, 0.05) is 0 Å². The molecule has 1 nitrogen and oxygen atoms in total. The van der Waals surface area contributed by atoms with Crippen molar-refractivity contribution in [2.75, 3.05) is 0 Å². The van der Waals surface area contributed by atoms with Gasteiger partial charge in [0.25, 0.3) is 0 Å². The van der Waals surface area contributed by atoms with Crippen LogP contribution in [-0.4, -0.2) is 5.71 Å². The fourth-order valence-corrected chi connectivity index (χ4v) is 3.45. The first-order chi connectivity index (χ1) is 17.4. The van der Waals surface area contributed by atoms with Gasteiger partial charge in [-0.05, 0) is 75.2 Å². The smallest absolute Gasteiger partial charge is 0.845 e. The second kappa shape index (κ2) is 16.7. The predicted molar refractivity (Wildman–Crippen MR) is 154 cm³/mol. The molecule has 0 atom stereocenters. The standard InChI is InChI=1S/C25H23N.2C5H5.Zr/c1-25(2,3)22-16-14-21(15-17-22)24(26)23(20-12-8-5-9-13-20)18-19-10-6-4-7-11-19;2*1-2-4-5-3-1;/h4-17H,1-3H3;2*1-5H;/q-2;;;+2. The van der Waals surface area contributed by atoms with Gasteiger partial charge in [-0.15, -0.1) is 29.3 Å². The third-order valence-electron chi connectivity index (χ3n) is 5.48. The molecule has 0 aromatic heterocycles. The minimum atomic E-state index is 0. The molecular formula is C35H33NZr. The van der Waals surface area contributed by atoms with Crippen LogP contribution < -0.4 is 0 Å². The van der Waals surface area contributed by atoms with Crippen LogP contribution >= 0.6 is 0 Å². The molecule has 0 spiro atoms. The van der Waals surface area contributed by atoms with Gasteiger partial charge in [0.2, 0.25) is 0 Å². The molecule has 2 heteroatoms. The Labute approximate surface area is 245 Å². The van der Waals surface area contributed by atoms with Gasteiger partial charge in [-0.2, -0.15) is 0 Å². The van der Waals surface area contributed by atoms with Crippen LogP contribution in [0.25, 0.3) is 11.0 Å². The third-order valence-corrected chi connectivity index (χ3v) is 5.48. The number of hydrogen-bond donors (Lipinski definition) is 0. The van der Waals surface area contributed by atoms with E-state index in [0.29, 0.717) is 5.57 Å². The molecule has 3 aromatic rings. The number of allylic oxidation sites excluding steroid dienone is 1. The summed E-state index contributed by atoms with van der Waals surface area (Å²) < 4.78 is 0. The van der Waals surface area contributed by atoms with Crippen LogP contribution in [0.15, 0.2) is 84.9 Å². The van der Waals surface area contributed by atoms with Gasteiger partial charge < -0.3 is 5.41 Å². The van der Waals surface area contributed by atoms with E-state index >= 15 is 0 Å². The quantitative estimate of drug-likeness (QED) is 0.175. The van der Waals surface area contributed by atoms with Crippen molar-refractivity contribution in [3.63, 3.8) is 0 Å². The van der Waals surface area contributed by atoms with Gasteiger partial charge in [-0.1, -0.05) is 105 Å². The van der Waals surface area contributed by atoms with E-state index in [4.69, 9.17) is 0 Å². The SMILES string of the molecule is CC(C)(C)c1ccc(C(=[N-])C(=[C-]c2ccccc2)c2ccccc2)cc1.[CH]1[CH][CH][CH][CH]1.[CH]1[CH][CH][CH][CH]1.[Zr+2]. The van der Waals surface area contributed by atoms with Crippen molar-refractivity contribution in [3.05, 3.63) is 183 Å². The van der Waals surface area contributed by atoms with E-state index in [-0.39, 0.29) is 37.3 Å². The Hall–Kier alpha value is -2.05. The largest absolute Gasteiger partial charge is 2.00 e. The Balaban J connectivity index is 0.000000362. The van der Waals surface area contributed by atoms with Crippen molar-refractivity contribution in [1.82, 2.24) is 0 Å². The zero-order chi connectivity index (χ0) is 25.6. The summed E-state index contributed by atoms with van der Waals surface area (Å²) in [6, 6.07) is 27.9. The minimum Gasteiger partial charge on any atom is -0.845 e. The summed E-state index contributed by atoms with van der Waals surface area (Å²) in [7, 11) is 0. The van der Waals surface area contributed by atoms with Crippen LogP contribution in [0.3, 0.4) is 0 Å². The van der Waals surface area contributed by atoms with Gasteiger partial charge in [-0.3, -0.25) is 0 Å². The Kier molecular flexibility index (Phi) is 14.1. The van der Waals surface area contributed by atoms with Crippen LogP contribution in [0, 0.1) is 70.3 Å². The zero-order valence-corrected chi connectivity index (χ0v) is 24.3. The molecule has 0 bridgehead atoms. The first-order valence-corrected chi connectivity index (χ1v) is 12.2. The fourth-order valence-electron chi connectivity index (χ4n) is 3.45. The molecule has 2 fully saturated rings. The summed E-state index contributed by atoms with van der Waals surface area (Å²) in [5.41, 5.74) is 4.92. The van der Waals surface area contributed by atoms with E-state index < -0.39 is 0 Å². The maximum atomic E-state index is 11.0. The molecule has 5 rings (SSSR count). The van der Waals surface area contributed by atoms with Crippen LogP contribution in [0.5, 0.6) is 0 Å². The molecule has 2 aliphatic rings. The first-order valence-electron chi connectivity index (χ1n) is 12.2. The summed E-state index contributed by atoms with van der Waals surface area (Å²) >= 11 is 0. The number of rotatable bonds is 4. The van der Waals surface area contributed by atoms with Gasteiger partial charge in [0.1, 0.15) is 0 Å². The maximum absolute atomic E-state index is 11.0. The fraction of sp³-hybridized carbons (Fsp3) is 0.114. The topological polar surface area (TPSA) is 22.3 Å². The summed E-state index contributed by atoms with van der Waals surface area (Å²) in [4.78, 5) is 0. The molecule has 37 heavy (non-hydrogen) atoms. The van der Waals surface area contributed by atoms with E-state index in [0.717, 1.165) is 16.7 Å². The summed E-state index contributed by atoms with van der Waals surface area (Å²) in [6.45, 7) is 6.55. The van der Waals surface area contributed by atoms with Crippen LogP contribution in [-0.2, 0) is 31.6 Å². The van der Waals surface area contributed by atoms with Crippen LogP contribution in [0.4, 0.5) is 0 Å². The molecule has 0 N–H and O–H groups in total. The molecule has 2 aliphatic carbocycles. The molecule has 0 amide bonds. The molecule has 182 valence electrons. The summed E-state index contributed by atoms with van der Waals surface area (Å²) in [5, 5.41) is 11.0. The zero-order valence-electron chi connectivity index (χ0n) is 21.8. The Morgan fingerprint density at radius 3 is 1.35 bits per heavy atom. The molecule has 0 unspecified atom stereocenters. The Bertz CT molecular complexity index is 1030. The number of nitrogens with zero attached hydrogens (tertiary/aromatic N) is 1. The van der Waals surface area contributed by atoms with Gasteiger partial charge in [0.15, 0.2) is 0 Å². The summed E-state index contributed by atoms with van der Waals surface area (Å²) in [5.74, 6) is 0. The molecular weight excluding hydrogens is 526 g/mol. The summed E-state index contributed by atoms with van der Waals surface area (Å²) in [6.07, 6.45) is 23.4. The average Bonchev–Trinajstić information content (AvgIpc) is 3.67. The molecule has 10 radical (unpaired) electrons. The minimum absolute atomic E-state index is 0. The third kappa shape index (κ3) is 11.1. The van der Waals surface area contributed by atoms with Crippen molar-refractivity contribution < 1.29 is 26.2 Å². The second-order valence-electron chi connectivity index (χ2n) is 9.33.